The van der Waals surface area contributed by atoms with Gasteiger partial charge in [0.05, 0.1) is 0 Å². The van der Waals surface area contributed by atoms with Crippen LogP contribution in [0.3, 0.4) is 0 Å². The molecule has 2 aromatic rings. The summed E-state index contributed by atoms with van der Waals surface area (Å²) in [6.07, 6.45) is 3.92. The average molecular weight is 360 g/mol. The predicted molar refractivity (Wildman–Crippen MR) is 98.2 cm³/mol. The number of benzene rings is 1. The monoisotopic (exact) mass is 359 g/mol. The third-order valence-corrected chi connectivity index (χ3v) is 3.84. The van der Waals surface area contributed by atoms with Crippen LogP contribution in [-0.4, -0.2) is 22.8 Å². The molecule has 0 unspecified atom stereocenters. The normalized spacial score (nSPS) is 11.8. The lowest BCUT2D eigenvalue weighted by atomic mass is 10.0. The molecule has 2 rings (SSSR count). The van der Waals surface area contributed by atoms with Crippen LogP contribution in [0.1, 0.15) is 36.2 Å². The number of amides is 2. The molecule has 1 atom stereocenters. The second-order valence-electron chi connectivity index (χ2n) is 6.25. The molecule has 0 radical (unpaired) electrons. The van der Waals surface area contributed by atoms with Crippen LogP contribution in [0.25, 0.3) is 0 Å². The molecule has 25 heavy (non-hydrogen) atoms. The average Bonchev–Trinajstić information content (AvgIpc) is 2.59. The summed E-state index contributed by atoms with van der Waals surface area (Å²) in [4.78, 5) is 28.9. The van der Waals surface area contributed by atoms with Gasteiger partial charge in [-0.25, -0.2) is 0 Å². The lowest BCUT2D eigenvalue weighted by Crippen LogP contribution is -2.47. The Bertz CT molecular complexity index is 720. The fourth-order valence-corrected chi connectivity index (χ4v) is 2.58. The third-order valence-electron chi connectivity index (χ3n) is 3.61. The van der Waals surface area contributed by atoms with Crippen LogP contribution < -0.4 is 10.6 Å². The summed E-state index contributed by atoms with van der Waals surface area (Å²) >= 11 is 5.92. The highest BCUT2D eigenvalue weighted by Gasteiger charge is 2.22. The van der Waals surface area contributed by atoms with Gasteiger partial charge in [-0.3, -0.25) is 14.6 Å². The number of carbonyl (C=O) groups is 2. The largest absolute Gasteiger partial charge is 0.350 e. The standard InChI is InChI=1S/C19H22ClN3O2/c1-13(2)9-17(19(25)22-12-14-5-4-8-21-11-14)23-18(24)15-6-3-7-16(20)10-15/h3-8,10-11,13,17H,9,12H2,1-2H3,(H,22,25)(H,23,24)/t17-/m1/s1. The molecule has 1 heterocycles. The molecule has 0 bridgehead atoms. The Kier molecular flexibility index (Phi) is 6.95. The number of hydrogen-bond donors (Lipinski definition) is 2. The molecule has 2 amide bonds. The van der Waals surface area contributed by atoms with E-state index in [0.29, 0.717) is 23.6 Å². The molecule has 5 nitrogen and oxygen atoms in total. The number of aromatic nitrogens is 1. The van der Waals surface area contributed by atoms with Crippen LogP contribution in [0.2, 0.25) is 5.02 Å². The molecule has 6 heteroatoms. The topological polar surface area (TPSA) is 71.1 Å². The van der Waals surface area contributed by atoms with E-state index in [0.717, 1.165) is 5.56 Å². The van der Waals surface area contributed by atoms with Crippen molar-refractivity contribution >= 4 is 23.4 Å². The first-order chi connectivity index (χ1) is 12.0. The van der Waals surface area contributed by atoms with Gasteiger partial charge in [0.2, 0.25) is 5.91 Å². The van der Waals surface area contributed by atoms with Gasteiger partial charge in [0, 0.05) is 29.5 Å². The van der Waals surface area contributed by atoms with Gasteiger partial charge in [-0.15, -0.1) is 0 Å². The molecule has 0 aliphatic rings. The van der Waals surface area contributed by atoms with Gasteiger partial charge in [0.15, 0.2) is 0 Å². The minimum Gasteiger partial charge on any atom is -0.350 e. The Labute approximate surface area is 152 Å². The molecule has 0 saturated carbocycles. The van der Waals surface area contributed by atoms with Crippen molar-refractivity contribution in [2.75, 3.05) is 0 Å². The van der Waals surface area contributed by atoms with E-state index < -0.39 is 6.04 Å². The number of halogens is 1. The second kappa shape index (κ2) is 9.18. The SMILES string of the molecule is CC(C)C[C@@H](NC(=O)c1cccc(Cl)c1)C(=O)NCc1cccnc1. The Morgan fingerprint density at radius 3 is 2.64 bits per heavy atom. The molecule has 132 valence electrons. The molecule has 0 aliphatic carbocycles. The maximum Gasteiger partial charge on any atom is 0.251 e. The van der Waals surface area contributed by atoms with Crippen molar-refractivity contribution in [2.45, 2.75) is 32.9 Å². The highest BCUT2D eigenvalue weighted by atomic mass is 35.5. The molecule has 0 spiro atoms. The Balaban J connectivity index is 2.01. The van der Waals surface area contributed by atoms with E-state index in [1.54, 1.807) is 36.7 Å². The number of carbonyl (C=O) groups excluding carboxylic acids is 2. The summed E-state index contributed by atoms with van der Waals surface area (Å²) in [5, 5.41) is 6.14. The van der Waals surface area contributed by atoms with E-state index in [4.69, 9.17) is 11.6 Å². The number of hydrogen-bond acceptors (Lipinski definition) is 3. The van der Waals surface area contributed by atoms with Gasteiger partial charge < -0.3 is 10.6 Å². The van der Waals surface area contributed by atoms with Gasteiger partial charge in [-0.05, 0) is 42.2 Å². The lowest BCUT2D eigenvalue weighted by molar-refractivity contribution is -0.123. The van der Waals surface area contributed by atoms with Crippen molar-refractivity contribution < 1.29 is 9.59 Å². The van der Waals surface area contributed by atoms with Crippen molar-refractivity contribution in [3.63, 3.8) is 0 Å². The molecular formula is C19H22ClN3O2. The zero-order valence-electron chi connectivity index (χ0n) is 14.3. The van der Waals surface area contributed by atoms with Crippen LogP contribution in [0.5, 0.6) is 0 Å². The number of pyridine rings is 1. The van der Waals surface area contributed by atoms with Crippen LogP contribution in [0.15, 0.2) is 48.8 Å². The van der Waals surface area contributed by atoms with Crippen molar-refractivity contribution in [3.05, 3.63) is 64.9 Å². The summed E-state index contributed by atoms with van der Waals surface area (Å²) in [7, 11) is 0. The minimum atomic E-state index is -0.608. The summed E-state index contributed by atoms with van der Waals surface area (Å²) < 4.78 is 0. The number of nitrogens with zero attached hydrogens (tertiary/aromatic N) is 1. The van der Waals surface area contributed by atoms with E-state index in [2.05, 4.69) is 15.6 Å². The second-order valence-corrected chi connectivity index (χ2v) is 6.68. The van der Waals surface area contributed by atoms with Crippen LogP contribution in [0, 0.1) is 5.92 Å². The fourth-order valence-electron chi connectivity index (χ4n) is 2.39. The first-order valence-corrected chi connectivity index (χ1v) is 8.56. The zero-order chi connectivity index (χ0) is 18.2. The van der Waals surface area contributed by atoms with E-state index in [1.807, 2.05) is 26.0 Å². The third kappa shape index (κ3) is 6.19. The van der Waals surface area contributed by atoms with E-state index >= 15 is 0 Å². The van der Waals surface area contributed by atoms with Gasteiger partial charge >= 0.3 is 0 Å². The van der Waals surface area contributed by atoms with E-state index in [1.165, 1.54) is 0 Å². The maximum atomic E-state index is 12.5. The fraction of sp³-hybridized carbons (Fsp3) is 0.316. The molecule has 1 aromatic heterocycles. The predicted octanol–water partition coefficient (Wildman–Crippen LogP) is 3.20. The minimum absolute atomic E-state index is 0.215. The van der Waals surface area contributed by atoms with Crippen LogP contribution in [0.4, 0.5) is 0 Å². The van der Waals surface area contributed by atoms with Gasteiger partial charge in [-0.1, -0.05) is 37.6 Å². The summed E-state index contributed by atoms with van der Waals surface area (Å²) in [6.45, 7) is 4.38. The highest BCUT2D eigenvalue weighted by molar-refractivity contribution is 6.31. The van der Waals surface area contributed by atoms with Crippen molar-refractivity contribution in [1.82, 2.24) is 15.6 Å². The van der Waals surface area contributed by atoms with E-state index in [9.17, 15) is 9.59 Å². The lowest BCUT2D eigenvalue weighted by Gasteiger charge is -2.20. The van der Waals surface area contributed by atoms with Gasteiger partial charge in [-0.2, -0.15) is 0 Å². The molecule has 0 aliphatic heterocycles. The summed E-state index contributed by atoms with van der Waals surface area (Å²) in [6, 6.07) is 9.74. The van der Waals surface area contributed by atoms with E-state index in [-0.39, 0.29) is 17.7 Å². The highest BCUT2D eigenvalue weighted by Crippen LogP contribution is 2.12. The van der Waals surface area contributed by atoms with Crippen LogP contribution in [-0.2, 0) is 11.3 Å². The maximum absolute atomic E-state index is 12.5. The smallest absolute Gasteiger partial charge is 0.251 e. The molecular weight excluding hydrogens is 338 g/mol. The van der Waals surface area contributed by atoms with Gasteiger partial charge in [0.25, 0.3) is 5.91 Å². The Hall–Kier alpha value is -2.40. The zero-order valence-corrected chi connectivity index (χ0v) is 15.1. The molecule has 2 N–H and O–H groups in total. The quantitative estimate of drug-likeness (QED) is 0.797. The summed E-state index contributed by atoms with van der Waals surface area (Å²) in [5.41, 5.74) is 1.33. The van der Waals surface area contributed by atoms with Crippen LogP contribution >= 0.6 is 11.6 Å². The summed E-state index contributed by atoms with van der Waals surface area (Å²) in [5.74, 6) is -0.272. The number of nitrogens with one attached hydrogen (secondary N) is 2. The van der Waals surface area contributed by atoms with Crippen molar-refractivity contribution in [1.29, 1.82) is 0 Å². The molecule has 0 fully saturated rings. The van der Waals surface area contributed by atoms with Crippen molar-refractivity contribution in [2.24, 2.45) is 5.92 Å². The van der Waals surface area contributed by atoms with Gasteiger partial charge in [0.1, 0.15) is 6.04 Å². The first-order valence-electron chi connectivity index (χ1n) is 8.18. The number of rotatable bonds is 7. The first kappa shape index (κ1) is 18.9. The molecule has 1 aromatic carbocycles. The van der Waals surface area contributed by atoms with Crippen molar-refractivity contribution in [3.8, 4) is 0 Å². The molecule has 0 saturated heterocycles. The Morgan fingerprint density at radius 1 is 1.20 bits per heavy atom. The Morgan fingerprint density at radius 2 is 2.00 bits per heavy atom.